The summed E-state index contributed by atoms with van der Waals surface area (Å²) in [5.41, 5.74) is 3.51. The molecule has 1 aliphatic rings. The molecule has 186 valence electrons. The molecule has 0 amide bonds. The van der Waals surface area contributed by atoms with E-state index in [0.717, 1.165) is 32.5 Å². The van der Waals surface area contributed by atoms with Gasteiger partial charge in [-0.05, 0) is 72.6 Å². The molecular formula is C23H41NO8. The van der Waals surface area contributed by atoms with Crippen molar-refractivity contribution in [1.82, 2.24) is 0 Å². The maximum absolute atomic E-state index is 12.9. The van der Waals surface area contributed by atoms with E-state index in [9.17, 15) is 14.4 Å². The molecule has 1 saturated heterocycles. The molecule has 0 aromatic carbocycles. The predicted molar refractivity (Wildman–Crippen MR) is 118 cm³/mol. The van der Waals surface area contributed by atoms with E-state index in [4.69, 9.17) is 29.4 Å². The molecule has 0 spiro atoms. The fourth-order valence-corrected chi connectivity index (χ4v) is 3.60. The van der Waals surface area contributed by atoms with E-state index in [2.05, 4.69) is 0 Å². The average molecular weight is 460 g/mol. The molecule has 0 aromatic rings. The molecule has 9 heteroatoms. The normalized spacial score (nSPS) is 16.3. The van der Waals surface area contributed by atoms with Crippen LogP contribution in [0, 0.1) is 5.92 Å². The van der Waals surface area contributed by atoms with Crippen molar-refractivity contribution in [3.63, 3.8) is 0 Å². The highest BCUT2D eigenvalue weighted by Gasteiger charge is 2.55. The molecule has 1 atom stereocenters. The monoisotopic (exact) mass is 459 g/mol. The van der Waals surface area contributed by atoms with E-state index in [1.54, 1.807) is 34.6 Å². The van der Waals surface area contributed by atoms with Crippen molar-refractivity contribution in [2.45, 2.75) is 90.4 Å². The van der Waals surface area contributed by atoms with Crippen LogP contribution in [0.25, 0.3) is 0 Å². The first-order valence-electron chi connectivity index (χ1n) is 11.6. The van der Waals surface area contributed by atoms with Gasteiger partial charge in [0, 0.05) is 26.2 Å². The Balaban J connectivity index is 2.92. The maximum atomic E-state index is 12.9. The number of rotatable bonds is 13. The summed E-state index contributed by atoms with van der Waals surface area (Å²) in [7, 11) is 0. The van der Waals surface area contributed by atoms with E-state index in [0.29, 0.717) is 12.3 Å². The van der Waals surface area contributed by atoms with Gasteiger partial charge < -0.3 is 29.4 Å². The molecule has 1 fully saturated rings. The van der Waals surface area contributed by atoms with Crippen LogP contribution in [0.4, 0.5) is 0 Å². The minimum Gasteiger partial charge on any atom is -0.463 e. The number of carbonyl (C=O) groups is 3. The third-order valence-electron chi connectivity index (χ3n) is 5.19. The second kappa shape index (κ2) is 13.7. The van der Waals surface area contributed by atoms with Crippen LogP contribution in [0.15, 0.2) is 0 Å². The maximum Gasteiger partial charge on any atom is 0.352 e. The smallest absolute Gasteiger partial charge is 0.352 e. The molecule has 9 nitrogen and oxygen atoms in total. The molecule has 0 saturated carbocycles. The SMILES string of the molecule is CCOC(=O)C(OCCCC1CCOCC1)(C(=O)OCC)C(N)CCC(=O)OC(C)(C)C. The standard InChI is InChI=1S/C23H41NO8/c1-6-29-20(26)23(21(27)30-7-2,18(24)10-11-19(25)32-22(3,4)5)31-14-8-9-17-12-15-28-16-13-17/h17-18H,6-16,24H2,1-5H3. The van der Waals surface area contributed by atoms with E-state index >= 15 is 0 Å². The summed E-state index contributed by atoms with van der Waals surface area (Å²) in [6.45, 7) is 10.3. The molecule has 0 aromatic heterocycles. The molecule has 2 N–H and O–H groups in total. The number of hydrogen-bond donors (Lipinski definition) is 1. The molecule has 32 heavy (non-hydrogen) atoms. The first kappa shape index (κ1) is 28.3. The molecule has 1 unspecified atom stereocenters. The molecule has 0 bridgehead atoms. The molecule has 0 aliphatic carbocycles. The van der Waals surface area contributed by atoms with Crippen molar-refractivity contribution in [3.05, 3.63) is 0 Å². The Morgan fingerprint density at radius 3 is 2.09 bits per heavy atom. The fourth-order valence-electron chi connectivity index (χ4n) is 3.60. The van der Waals surface area contributed by atoms with Crippen LogP contribution in [0.1, 0.15) is 73.1 Å². The highest BCUT2D eigenvalue weighted by Crippen LogP contribution is 2.26. The van der Waals surface area contributed by atoms with Gasteiger partial charge in [-0.25, -0.2) is 9.59 Å². The highest BCUT2D eigenvalue weighted by atomic mass is 16.6. The van der Waals surface area contributed by atoms with Gasteiger partial charge in [0.25, 0.3) is 5.60 Å². The molecule has 1 aliphatic heterocycles. The van der Waals surface area contributed by atoms with E-state index in [1.165, 1.54) is 0 Å². The lowest BCUT2D eigenvalue weighted by molar-refractivity contribution is -0.195. The number of esters is 3. The van der Waals surface area contributed by atoms with Gasteiger partial charge in [-0.1, -0.05) is 0 Å². The Bertz CT molecular complexity index is 577. The van der Waals surface area contributed by atoms with Gasteiger partial charge in [0.15, 0.2) is 0 Å². The van der Waals surface area contributed by atoms with Gasteiger partial charge in [-0.3, -0.25) is 4.79 Å². The van der Waals surface area contributed by atoms with Crippen molar-refractivity contribution in [2.24, 2.45) is 11.7 Å². The number of nitrogens with two attached hydrogens (primary N) is 1. The summed E-state index contributed by atoms with van der Waals surface area (Å²) in [4.78, 5) is 38.0. The Hall–Kier alpha value is -1.71. The molecule has 1 heterocycles. The van der Waals surface area contributed by atoms with Crippen LogP contribution in [0.3, 0.4) is 0 Å². The number of ether oxygens (including phenoxy) is 5. The zero-order valence-corrected chi connectivity index (χ0v) is 20.3. The van der Waals surface area contributed by atoms with Crippen molar-refractivity contribution in [3.8, 4) is 0 Å². The van der Waals surface area contributed by atoms with Crippen LogP contribution >= 0.6 is 0 Å². The minimum absolute atomic E-state index is 0.00743. The van der Waals surface area contributed by atoms with Crippen molar-refractivity contribution >= 4 is 17.9 Å². The summed E-state index contributed by atoms with van der Waals surface area (Å²) in [5, 5.41) is 0. The van der Waals surface area contributed by atoms with Crippen LogP contribution < -0.4 is 5.73 Å². The Kier molecular flexibility index (Phi) is 12.2. The number of hydrogen-bond acceptors (Lipinski definition) is 9. The van der Waals surface area contributed by atoms with Crippen LogP contribution in [0.2, 0.25) is 0 Å². The van der Waals surface area contributed by atoms with Crippen LogP contribution in [-0.2, 0) is 38.1 Å². The Morgan fingerprint density at radius 1 is 1.03 bits per heavy atom. The highest BCUT2D eigenvalue weighted by molar-refractivity contribution is 6.04. The van der Waals surface area contributed by atoms with Gasteiger partial charge >= 0.3 is 17.9 Å². The van der Waals surface area contributed by atoms with E-state index in [-0.39, 0.29) is 32.7 Å². The van der Waals surface area contributed by atoms with Crippen molar-refractivity contribution in [1.29, 1.82) is 0 Å². The lowest BCUT2D eigenvalue weighted by atomic mass is 9.90. The fraction of sp³-hybridized carbons (Fsp3) is 0.870. The molecular weight excluding hydrogens is 418 g/mol. The molecule has 0 radical (unpaired) electrons. The predicted octanol–water partition coefficient (Wildman–Crippen LogP) is 2.52. The first-order valence-corrected chi connectivity index (χ1v) is 11.6. The van der Waals surface area contributed by atoms with Gasteiger partial charge in [-0.15, -0.1) is 0 Å². The van der Waals surface area contributed by atoms with Gasteiger partial charge in [0.1, 0.15) is 5.60 Å². The lowest BCUT2D eigenvalue weighted by Gasteiger charge is -2.34. The van der Waals surface area contributed by atoms with E-state index < -0.39 is 35.2 Å². The largest absolute Gasteiger partial charge is 0.463 e. The quantitative estimate of drug-likeness (QED) is 0.191. The zero-order valence-electron chi connectivity index (χ0n) is 20.3. The van der Waals surface area contributed by atoms with Gasteiger partial charge in [0.05, 0.1) is 19.3 Å². The van der Waals surface area contributed by atoms with Crippen molar-refractivity contribution < 1.29 is 38.1 Å². The van der Waals surface area contributed by atoms with Crippen molar-refractivity contribution in [2.75, 3.05) is 33.0 Å². The third kappa shape index (κ3) is 9.03. The average Bonchev–Trinajstić information content (AvgIpc) is 2.72. The van der Waals surface area contributed by atoms with E-state index in [1.807, 2.05) is 0 Å². The van der Waals surface area contributed by atoms with Crippen LogP contribution in [-0.4, -0.2) is 68.2 Å². The van der Waals surface area contributed by atoms with Crippen LogP contribution in [0.5, 0.6) is 0 Å². The summed E-state index contributed by atoms with van der Waals surface area (Å²) in [6.07, 6.45) is 3.41. The zero-order chi connectivity index (χ0) is 24.2. The summed E-state index contributed by atoms with van der Waals surface area (Å²) >= 11 is 0. The summed E-state index contributed by atoms with van der Waals surface area (Å²) in [6, 6.07) is -1.14. The third-order valence-corrected chi connectivity index (χ3v) is 5.19. The minimum atomic E-state index is -2.14. The second-order valence-electron chi connectivity index (χ2n) is 8.95. The summed E-state index contributed by atoms with van der Waals surface area (Å²) < 4.78 is 26.9. The Morgan fingerprint density at radius 2 is 1.59 bits per heavy atom. The second-order valence-corrected chi connectivity index (χ2v) is 8.95. The van der Waals surface area contributed by atoms with Gasteiger partial charge in [-0.2, -0.15) is 0 Å². The summed E-state index contributed by atoms with van der Waals surface area (Å²) in [5.74, 6) is -1.76. The Labute approximate surface area is 191 Å². The first-order chi connectivity index (χ1) is 15.1. The van der Waals surface area contributed by atoms with Gasteiger partial charge in [0.2, 0.25) is 0 Å². The topological polar surface area (TPSA) is 123 Å². The lowest BCUT2D eigenvalue weighted by Crippen LogP contribution is -2.62. The number of carbonyl (C=O) groups excluding carboxylic acids is 3. The molecule has 1 rings (SSSR count).